The second kappa shape index (κ2) is 14.6. The van der Waals surface area contributed by atoms with Crippen molar-refractivity contribution < 1.29 is 26.0 Å². The molecule has 316 valence electrons. The van der Waals surface area contributed by atoms with Crippen LogP contribution in [0.25, 0.3) is 33.5 Å². The first-order chi connectivity index (χ1) is 35.5. The number of aromatic nitrogens is 6. The van der Waals surface area contributed by atoms with Crippen molar-refractivity contribution in [3.05, 3.63) is 206 Å². The number of para-hydroxylation sites is 6. The number of fused-ring (bicyclic) bond motifs is 7. The van der Waals surface area contributed by atoms with Gasteiger partial charge in [-0.1, -0.05) is 165 Å². The molecule has 0 saturated heterocycles. The fourth-order valence-electron chi connectivity index (χ4n) is 10.6. The van der Waals surface area contributed by atoms with Gasteiger partial charge >= 0.3 is 0 Å². The summed E-state index contributed by atoms with van der Waals surface area (Å²) in [5.41, 5.74) is 3.59. The SMILES string of the molecule is [2H]C([2H])([2H])[Si](C)(c1ncco1)C1([Si](c2ncno2)(C([2H])([2H])[2H])C([2H])([2H])[2H])c2ccccc2Oc2c1cccc2[Si](c1ccccc1)(c1ccccc1)c1cccc(-n2c3ccccc3n3c4ccccc4nc23)c1. The lowest BCUT2D eigenvalue weighted by Gasteiger charge is -2.54. The van der Waals surface area contributed by atoms with Gasteiger partial charge in [-0.3, -0.25) is 8.97 Å². The molecule has 7 aromatic carbocycles. The average Bonchev–Trinajstić information content (AvgIpc) is 4.23. The molecule has 11 aromatic rings. The standard InChI is InChI=1S/C53H44N6O3Si3/c1-63(2,51-54-33-34-60-51)53(64(3,4)52-55-36-56-62-52)41-25-11-16-31-47(41)61-49-42(53)26-18-32-48(49)65(38-20-7-5-8-21-38,39-22-9-6-10-23-39)40-24-17-19-37(35-40)58-45-29-14-15-30-46(45)59-44-28-13-12-27-43(44)57-50(58)59/h5-36H,1-4H3/i1D3,3D3,4D3. The molecule has 2 atom stereocenters. The van der Waals surface area contributed by atoms with E-state index in [-0.39, 0.29) is 28.1 Å². The quantitative estimate of drug-likeness (QED) is 0.108. The topological polar surface area (TPSA) is 96.4 Å². The molecule has 4 aromatic heterocycles. The summed E-state index contributed by atoms with van der Waals surface area (Å²) in [4.78, 5) is 14.1. The molecule has 0 saturated carbocycles. The van der Waals surface area contributed by atoms with Gasteiger partial charge in [0.05, 0.1) is 28.3 Å². The number of oxazole rings is 1. The number of hydrogen-bond donors (Lipinski definition) is 0. The molecular weight excluding hydrogens is 853 g/mol. The van der Waals surface area contributed by atoms with E-state index in [0.717, 1.165) is 49.6 Å². The first kappa shape index (κ1) is 30.7. The van der Waals surface area contributed by atoms with E-state index in [1.807, 2.05) is 84.9 Å². The lowest BCUT2D eigenvalue weighted by atomic mass is 9.98. The molecule has 12 rings (SSSR count). The van der Waals surface area contributed by atoms with Crippen LogP contribution in [-0.4, -0.2) is 53.3 Å². The maximum Gasteiger partial charge on any atom is 0.220 e. The monoisotopic (exact) mass is 905 g/mol. The summed E-state index contributed by atoms with van der Waals surface area (Å²) in [6.07, 6.45) is 3.49. The van der Waals surface area contributed by atoms with E-state index in [1.165, 1.54) is 19.0 Å². The van der Waals surface area contributed by atoms with Gasteiger partial charge in [-0.25, -0.2) is 15.0 Å². The van der Waals surface area contributed by atoms with Crippen LogP contribution >= 0.6 is 0 Å². The summed E-state index contributed by atoms with van der Waals surface area (Å²) in [7, 11) is -14.9. The summed E-state index contributed by atoms with van der Waals surface area (Å²) in [6, 6.07) is 56.3. The van der Waals surface area contributed by atoms with Crippen LogP contribution in [0.15, 0.2) is 204 Å². The van der Waals surface area contributed by atoms with E-state index in [0.29, 0.717) is 11.0 Å². The van der Waals surface area contributed by atoms with Gasteiger partial charge in [-0.15, -0.1) is 0 Å². The largest absolute Gasteiger partial charge is 0.457 e. The van der Waals surface area contributed by atoms with Crippen LogP contribution in [0.2, 0.25) is 26.0 Å². The minimum absolute atomic E-state index is 0.0366. The number of hydrogen-bond acceptors (Lipinski definition) is 7. The lowest BCUT2D eigenvalue weighted by molar-refractivity contribution is 0.435. The first-order valence-corrected chi connectivity index (χ1v) is 27.7. The highest BCUT2D eigenvalue weighted by Crippen LogP contribution is 2.56. The Hall–Kier alpha value is -7.39. The van der Waals surface area contributed by atoms with Crippen LogP contribution in [-0.2, 0) is 4.66 Å². The molecule has 65 heavy (non-hydrogen) atoms. The van der Waals surface area contributed by atoms with Crippen LogP contribution in [0, 0.1) is 0 Å². The number of ether oxygens (including phenoxy) is 1. The zero-order valence-electron chi connectivity index (χ0n) is 43.9. The second-order valence-corrected chi connectivity index (χ2v) is 27.0. The van der Waals surface area contributed by atoms with Gasteiger partial charge in [-0.05, 0) is 63.2 Å². The third kappa shape index (κ3) is 5.35. The van der Waals surface area contributed by atoms with Crippen LogP contribution in [0.4, 0.5) is 0 Å². The normalized spacial score (nSPS) is 18.6. The van der Waals surface area contributed by atoms with Crippen molar-refractivity contribution in [2.24, 2.45) is 0 Å². The first-order valence-electron chi connectivity index (χ1n) is 25.7. The van der Waals surface area contributed by atoms with E-state index in [4.69, 9.17) is 18.7 Å². The predicted molar refractivity (Wildman–Crippen MR) is 265 cm³/mol. The third-order valence-corrected chi connectivity index (χ3v) is 26.3. The Bertz CT molecular complexity index is 3850. The summed E-state index contributed by atoms with van der Waals surface area (Å²) >= 11 is 0. The van der Waals surface area contributed by atoms with Crippen molar-refractivity contribution in [2.45, 2.75) is 30.6 Å². The lowest BCUT2D eigenvalue weighted by Crippen LogP contribution is -2.77. The van der Waals surface area contributed by atoms with Crippen molar-refractivity contribution in [3.8, 4) is 17.2 Å². The Morgan fingerprint density at radius 2 is 1.26 bits per heavy atom. The van der Waals surface area contributed by atoms with Crippen LogP contribution in [0.1, 0.15) is 23.5 Å². The highest BCUT2D eigenvalue weighted by atomic mass is 28.4. The molecule has 2 unspecified atom stereocenters. The summed E-state index contributed by atoms with van der Waals surface area (Å²) < 4.78 is 109. The Labute approximate surface area is 391 Å². The highest BCUT2D eigenvalue weighted by molar-refractivity contribution is 7.20. The molecule has 1 aliphatic rings. The molecule has 0 N–H and O–H groups in total. The smallest absolute Gasteiger partial charge is 0.220 e. The van der Waals surface area contributed by atoms with E-state index >= 15 is 0 Å². The number of nitrogens with zero attached hydrogens (tertiary/aromatic N) is 6. The van der Waals surface area contributed by atoms with Crippen LogP contribution in [0.5, 0.6) is 11.5 Å². The minimum atomic E-state index is -5.92. The molecule has 9 nitrogen and oxygen atoms in total. The molecule has 0 bridgehead atoms. The average molecular weight is 906 g/mol. The molecule has 12 heteroatoms. The van der Waals surface area contributed by atoms with Gasteiger partial charge in [0.15, 0.2) is 41.6 Å². The van der Waals surface area contributed by atoms with E-state index < -0.39 is 53.8 Å². The van der Waals surface area contributed by atoms with Gasteiger partial charge < -0.3 is 13.7 Å². The van der Waals surface area contributed by atoms with Gasteiger partial charge in [-0.2, -0.15) is 0 Å². The maximum atomic E-state index is 9.80. The molecule has 5 heterocycles. The minimum Gasteiger partial charge on any atom is -0.457 e. The van der Waals surface area contributed by atoms with Crippen molar-refractivity contribution in [3.63, 3.8) is 0 Å². The van der Waals surface area contributed by atoms with Crippen molar-refractivity contribution in [1.82, 2.24) is 29.1 Å². The van der Waals surface area contributed by atoms with Gasteiger partial charge in [0.1, 0.15) is 17.8 Å². The number of imidazole rings is 2. The van der Waals surface area contributed by atoms with Crippen molar-refractivity contribution in [2.75, 3.05) is 0 Å². The van der Waals surface area contributed by atoms with E-state index in [2.05, 4.69) is 78.7 Å². The number of benzene rings is 7. The van der Waals surface area contributed by atoms with Crippen LogP contribution < -0.4 is 36.5 Å². The summed E-state index contributed by atoms with van der Waals surface area (Å²) in [5.74, 6) is 0.885. The van der Waals surface area contributed by atoms with E-state index in [1.54, 1.807) is 36.4 Å². The van der Waals surface area contributed by atoms with Crippen LogP contribution in [0.3, 0.4) is 0 Å². The Morgan fingerprint density at radius 1 is 0.600 bits per heavy atom. The fraction of sp³-hybridized carbons (Fsp3) is 0.0943. The summed E-state index contributed by atoms with van der Waals surface area (Å²) in [5, 5.41) is 7.13. The molecule has 0 amide bonds. The molecular formula is C53H44N6O3Si3. The Kier molecular flexibility index (Phi) is 6.87. The molecule has 0 aliphatic carbocycles. The summed E-state index contributed by atoms with van der Waals surface area (Å²) in [6.45, 7) is -8.64. The fourth-order valence-corrected chi connectivity index (χ4v) is 23.6. The number of rotatable bonds is 9. The zero-order valence-corrected chi connectivity index (χ0v) is 37.9. The molecule has 1 aliphatic heterocycles. The zero-order chi connectivity index (χ0) is 51.5. The Morgan fingerprint density at radius 3 is 1.98 bits per heavy atom. The van der Waals surface area contributed by atoms with E-state index in [9.17, 15) is 12.3 Å². The highest BCUT2D eigenvalue weighted by Gasteiger charge is 2.68. The Balaban J connectivity index is 1.28. The molecule has 0 radical (unpaired) electrons. The van der Waals surface area contributed by atoms with Gasteiger partial charge in [0.25, 0.3) is 0 Å². The molecule has 0 fully saturated rings. The molecule has 0 spiro atoms. The second-order valence-electron chi connectivity index (χ2n) is 16.6. The van der Waals surface area contributed by atoms with Crippen molar-refractivity contribution >= 4 is 83.8 Å². The van der Waals surface area contributed by atoms with Crippen molar-refractivity contribution in [1.29, 1.82) is 0 Å². The maximum absolute atomic E-state index is 9.80. The third-order valence-electron chi connectivity index (χ3n) is 13.2. The van der Waals surface area contributed by atoms with Gasteiger partial charge in [0, 0.05) is 33.8 Å². The predicted octanol–water partition coefficient (Wildman–Crippen LogP) is 7.88. The van der Waals surface area contributed by atoms with Gasteiger partial charge in [0.2, 0.25) is 5.78 Å².